The van der Waals surface area contributed by atoms with Gasteiger partial charge in [0.2, 0.25) is 11.8 Å². The van der Waals surface area contributed by atoms with Crippen LogP contribution in [0.2, 0.25) is 0 Å². The first-order valence-electron chi connectivity index (χ1n) is 8.74. The molecule has 1 spiro atoms. The Kier molecular flexibility index (Phi) is 4.56. The molecule has 7 nitrogen and oxygen atoms in total. The summed E-state index contributed by atoms with van der Waals surface area (Å²) in [5, 5.41) is 27.8. The molecule has 134 valence electrons. The molecule has 2 aliphatic heterocycles. The summed E-state index contributed by atoms with van der Waals surface area (Å²) in [5.74, 6) is 1.15. The van der Waals surface area contributed by atoms with Crippen LogP contribution in [0.15, 0.2) is 34.7 Å². The highest BCUT2D eigenvalue weighted by atomic mass is 16.5. The molecule has 25 heavy (non-hydrogen) atoms. The van der Waals surface area contributed by atoms with E-state index in [1.54, 1.807) is 0 Å². The van der Waals surface area contributed by atoms with Gasteiger partial charge in [-0.2, -0.15) is 0 Å². The zero-order valence-electron chi connectivity index (χ0n) is 14.0. The van der Waals surface area contributed by atoms with Crippen molar-refractivity contribution in [2.24, 2.45) is 0 Å². The number of likely N-dealkylation sites (tertiary alicyclic amines) is 1. The van der Waals surface area contributed by atoms with Crippen LogP contribution < -0.4 is 0 Å². The van der Waals surface area contributed by atoms with Gasteiger partial charge in [0.15, 0.2) is 0 Å². The first kappa shape index (κ1) is 16.7. The van der Waals surface area contributed by atoms with Gasteiger partial charge in [-0.15, -0.1) is 10.2 Å². The smallest absolute Gasteiger partial charge is 0.247 e. The number of aliphatic hydroxyl groups is 2. The highest BCUT2D eigenvalue weighted by Gasteiger charge is 2.43. The molecule has 4 rings (SSSR count). The van der Waals surface area contributed by atoms with Crippen LogP contribution >= 0.6 is 0 Å². The maximum atomic E-state index is 9.93. The zero-order valence-corrected chi connectivity index (χ0v) is 14.0. The fraction of sp³-hybridized carbons (Fsp3) is 0.556. The topological polar surface area (TPSA) is 91.9 Å². The molecule has 0 bridgehead atoms. The number of rotatable bonds is 3. The van der Waals surface area contributed by atoms with Crippen LogP contribution in [-0.2, 0) is 11.3 Å². The minimum atomic E-state index is -0.765. The number of nitrogens with zero attached hydrogens (tertiary/aromatic N) is 3. The average Bonchev–Trinajstić information content (AvgIpc) is 3.10. The summed E-state index contributed by atoms with van der Waals surface area (Å²) < 4.78 is 11.6. The van der Waals surface area contributed by atoms with Gasteiger partial charge < -0.3 is 19.4 Å². The third-order valence-electron chi connectivity index (χ3n) is 5.20. The van der Waals surface area contributed by atoms with Crippen molar-refractivity contribution in [1.82, 2.24) is 15.1 Å². The highest BCUT2D eigenvalue weighted by Crippen LogP contribution is 2.35. The molecule has 0 aliphatic carbocycles. The maximum absolute atomic E-state index is 9.93. The van der Waals surface area contributed by atoms with E-state index in [1.807, 2.05) is 30.3 Å². The van der Waals surface area contributed by atoms with Crippen molar-refractivity contribution in [3.05, 3.63) is 36.2 Å². The Hall–Kier alpha value is -1.80. The average molecular weight is 345 g/mol. The zero-order chi connectivity index (χ0) is 17.3. The first-order chi connectivity index (χ1) is 12.1. The second kappa shape index (κ2) is 6.84. The number of hydrogen-bond acceptors (Lipinski definition) is 7. The van der Waals surface area contributed by atoms with Crippen molar-refractivity contribution in [1.29, 1.82) is 0 Å². The Morgan fingerprint density at radius 3 is 2.56 bits per heavy atom. The molecular weight excluding hydrogens is 322 g/mol. The fourth-order valence-electron chi connectivity index (χ4n) is 3.62. The summed E-state index contributed by atoms with van der Waals surface area (Å²) >= 11 is 0. The molecule has 2 N–H and O–H groups in total. The van der Waals surface area contributed by atoms with Gasteiger partial charge in [0, 0.05) is 25.1 Å². The Morgan fingerprint density at radius 2 is 1.84 bits per heavy atom. The lowest BCUT2D eigenvalue weighted by molar-refractivity contribution is -0.188. The normalized spacial score (nSPS) is 26.8. The minimum absolute atomic E-state index is 0.214. The van der Waals surface area contributed by atoms with E-state index in [9.17, 15) is 10.2 Å². The van der Waals surface area contributed by atoms with E-state index < -0.39 is 12.2 Å². The summed E-state index contributed by atoms with van der Waals surface area (Å²) in [6.07, 6.45) is 0.705. The van der Waals surface area contributed by atoms with Gasteiger partial charge in [0.05, 0.1) is 24.9 Å². The summed E-state index contributed by atoms with van der Waals surface area (Å²) in [5.41, 5.74) is 0.612. The Balaban J connectivity index is 1.34. The lowest BCUT2D eigenvalue weighted by Gasteiger charge is -2.46. The van der Waals surface area contributed by atoms with Crippen LogP contribution in [0.3, 0.4) is 0 Å². The van der Waals surface area contributed by atoms with E-state index in [0.717, 1.165) is 31.5 Å². The van der Waals surface area contributed by atoms with Gasteiger partial charge in [-0.3, -0.25) is 4.90 Å². The van der Waals surface area contributed by atoms with Gasteiger partial charge in [-0.1, -0.05) is 18.2 Å². The standard InChI is InChI=1S/C18H23N3O4/c22-14-10-18(24-12-15(14)23)6-8-21(9-7-18)11-16-19-20-17(25-16)13-4-2-1-3-5-13/h1-5,14-15,22-23H,6-12H2/t14-,15+/m1/s1. The Bertz CT molecular complexity index is 697. The predicted molar refractivity (Wildman–Crippen MR) is 89.6 cm³/mol. The molecule has 2 atom stereocenters. The molecule has 7 heteroatoms. The number of ether oxygens (including phenoxy) is 1. The van der Waals surface area contributed by atoms with E-state index >= 15 is 0 Å². The number of piperidine rings is 1. The van der Waals surface area contributed by atoms with E-state index in [1.165, 1.54) is 0 Å². The molecular formula is C18H23N3O4. The Labute approximate surface area is 146 Å². The van der Waals surface area contributed by atoms with Crippen LogP contribution in [0.5, 0.6) is 0 Å². The predicted octanol–water partition coefficient (Wildman–Crippen LogP) is 1.21. The van der Waals surface area contributed by atoms with Crippen molar-refractivity contribution in [3.63, 3.8) is 0 Å². The second-order valence-electron chi connectivity index (χ2n) is 6.98. The van der Waals surface area contributed by atoms with Gasteiger partial charge in [0.1, 0.15) is 6.10 Å². The molecule has 0 saturated carbocycles. The summed E-state index contributed by atoms with van der Waals surface area (Å²) in [6.45, 7) is 2.50. The van der Waals surface area contributed by atoms with Crippen molar-refractivity contribution in [2.45, 2.75) is 43.6 Å². The molecule has 1 aromatic heterocycles. The lowest BCUT2D eigenvalue weighted by Crippen LogP contribution is -2.54. The largest absolute Gasteiger partial charge is 0.419 e. The summed E-state index contributed by atoms with van der Waals surface area (Å²) in [7, 11) is 0. The van der Waals surface area contributed by atoms with Gasteiger partial charge in [-0.25, -0.2) is 0 Å². The molecule has 2 fully saturated rings. The van der Waals surface area contributed by atoms with E-state index in [2.05, 4.69) is 15.1 Å². The van der Waals surface area contributed by atoms with Crippen LogP contribution in [0.1, 0.15) is 25.2 Å². The third kappa shape index (κ3) is 3.59. The second-order valence-corrected chi connectivity index (χ2v) is 6.98. The molecule has 0 unspecified atom stereocenters. The quantitative estimate of drug-likeness (QED) is 0.864. The van der Waals surface area contributed by atoms with Crippen LogP contribution in [0.25, 0.3) is 11.5 Å². The van der Waals surface area contributed by atoms with Crippen LogP contribution in [0.4, 0.5) is 0 Å². The van der Waals surface area contributed by atoms with E-state index in [4.69, 9.17) is 9.15 Å². The molecule has 2 aliphatic rings. The van der Waals surface area contributed by atoms with E-state index in [0.29, 0.717) is 24.7 Å². The number of benzene rings is 1. The maximum Gasteiger partial charge on any atom is 0.247 e. The molecule has 0 radical (unpaired) electrons. The fourth-order valence-corrected chi connectivity index (χ4v) is 3.62. The monoisotopic (exact) mass is 345 g/mol. The van der Waals surface area contributed by atoms with Gasteiger partial charge in [0.25, 0.3) is 0 Å². The van der Waals surface area contributed by atoms with Crippen LogP contribution in [0, 0.1) is 0 Å². The van der Waals surface area contributed by atoms with Crippen molar-refractivity contribution < 1.29 is 19.4 Å². The highest BCUT2D eigenvalue weighted by molar-refractivity contribution is 5.51. The minimum Gasteiger partial charge on any atom is -0.419 e. The molecule has 2 aromatic rings. The number of aliphatic hydroxyl groups excluding tert-OH is 2. The number of hydrogen-bond donors (Lipinski definition) is 2. The summed E-state index contributed by atoms with van der Waals surface area (Å²) in [4.78, 5) is 2.26. The van der Waals surface area contributed by atoms with Crippen molar-refractivity contribution >= 4 is 0 Å². The third-order valence-corrected chi connectivity index (χ3v) is 5.20. The van der Waals surface area contributed by atoms with Crippen molar-refractivity contribution in [2.75, 3.05) is 19.7 Å². The molecule has 3 heterocycles. The van der Waals surface area contributed by atoms with E-state index in [-0.39, 0.29) is 12.2 Å². The van der Waals surface area contributed by atoms with Gasteiger partial charge >= 0.3 is 0 Å². The first-order valence-corrected chi connectivity index (χ1v) is 8.74. The van der Waals surface area contributed by atoms with Gasteiger partial charge in [-0.05, 0) is 25.0 Å². The van der Waals surface area contributed by atoms with Crippen molar-refractivity contribution in [3.8, 4) is 11.5 Å². The SMILES string of the molecule is O[C@@H]1CC2(CCN(Cc3nnc(-c4ccccc4)o3)CC2)OC[C@@H]1O. The molecule has 1 aromatic carbocycles. The molecule has 2 saturated heterocycles. The van der Waals surface area contributed by atoms with Crippen LogP contribution in [-0.4, -0.2) is 62.8 Å². The Morgan fingerprint density at radius 1 is 1.08 bits per heavy atom. The lowest BCUT2D eigenvalue weighted by atomic mass is 9.82. The summed E-state index contributed by atoms with van der Waals surface area (Å²) in [6, 6.07) is 9.73. The number of aromatic nitrogens is 2. The molecule has 0 amide bonds.